The SMILES string of the molecule is O=C(CCn1c(=S)[nH]c2ccccc2c1=O)Nc1cccc(-n2cc[nH]c2=S)c1. The fraction of sp³-hybridized carbons (Fsp3) is 0.100. The smallest absolute Gasteiger partial charge is 0.262 e. The Labute approximate surface area is 175 Å². The lowest BCUT2D eigenvalue weighted by atomic mass is 10.2. The Balaban J connectivity index is 1.50. The molecule has 2 heterocycles. The summed E-state index contributed by atoms with van der Waals surface area (Å²) in [6.45, 7) is 0.188. The molecule has 3 N–H and O–H groups in total. The molecule has 0 radical (unpaired) electrons. The fourth-order valence-electron chi connectivity index (χ4n) is 3.10. The fourth-order valence-corrected chi connectivity index (χ4v) is 3.61. The molecule has 0 aliphatic carbocycles. The van der Waals surface area contributed by atoms with Crippen molar-refractivity contribution in [3.63, 3.8) is 0 Å². The van der Waals surface area contributed by atoms with Gasteiger partial charge in [0.2, 0.25) is 5.91 Å². The number of aromatic nitrogens is 4. The number of nitrogens with one attached hydrogen (secondary N) is 3. The molecule has 0 unspecified atom stereocenters. The third-order valence-corrected chi connectivity index (χ3v) is 5.15. The molecule has 1 amide bonds. The number of nitrogens with zero attached hydrogens (tertiary/aromatic N) is 2. The minimum atomic E-state index is -0.214. The lowest BCUT2D eigenvalue weighted by Crippen LogP contribution is -2.25. The first-order valence-electron chi connectivity index (χ1n) is 8.91. The number of rotatable bonds is 5. The minimum Gasteiger partial charge on any atom is -0.337 e. The van der Waals surface area contributed by atoms with Crippen LogP contribution in [0.25, 0.3) is 16.6 Å². The van der Waals surface area contributed by atoms with Gasteiger partial charge in [-0.05, 0) is 54.8 Å². The second kappa shape index (κ2) is 7.98. The molecule has 0 aliphatic heterocycles. The van der Waals surface area contributed by atoms with E-state index in [-0.39, 0.29) is 24.4 Å². The van der Waals surface area contributed by atoms with E-state index in [2.05, 4.69) is 15.3 Å². The monoisotopic (exact) mass is 423 g/mol. The first-order chi connectivity index (χ1) is 14.0. The summed E-state index contributed by atoms with van der Waals surface area (Å²) < 4.78 is 4.08. The van der Waals surface area contributed by atoms with Gasteiger partial charge in [-0.1, -0.05) is 18.2 Å². The first-order valence-corrected chi connectivity index (χ1v) is 9.73. The number of H-pyrrole nitrogens is 2. The molecule has 9 heteroatoms. The molecule has 4 rings (SSSR count). The highest BCUT2D eigenvalue weighted by atomic mass is 32.1. The Bertz CT molecular complexity index is 1380. The van der Waals surface area contributed by atoms with Crippen LogP contribution in [-0.4, -0.2) is 25.0 Å². The van der Waals surface area contributed by atoms with E-state index in [4.69, 9.17) is 24.4 Å². The maximum Gasteiger partial charge on any atom is 0.262 e. The van der Waals surface area contributed by atoms with Gasteiger partial charge in [-0.15, -0.1) is 0 Å². The molecule has 0 saturated carbocycles. The standard InChI is InChI=1S/C20H17N5O2S2/c26-17(22-13-4-3-5-14(12-13)24-11-9-21-19(24)28)8-10-25-18(27)15-6-1-2-7-16(15)23-20(25)29/h1-7,9,11-12H,8,10H2,(H,21,28)(H,22,26)(H,23,29). The quantitative estimate of drug-likeness (QED) is 0.424. The number of anilines is 1. The molecule has 0 bridgehead atoms. The summed E-state index contributed by atoms with van der Waals surface area (Å²) in [4.78, 5) is 31.1. The van der Waals surface area contributed by atoms with E-state index in [0.717, 1.165) is 5.69 Å². The molecule has 29 heavy (non-hydrogen) atoms. The van der Waals surface area contributed by atoms with Gasteiger partial charge < -0.3 is 15.3 Å². The van der Waals surface area contributed by atoms with Crippen LogP contribution in [0.4, 0.5) is 5.69 Å². The number of fused-ring (bicyclic) bond motifs is 1. The summed E-state index contributed by atoms with van der Waals surface area (Å²) >= 11 is 10.5. The Morgan fingerprint density at radius 2 is 1.90 bits per heavy atom. The van der Waals surface area contributed by atoms with E-state index in [1.807, 2.05) is 30.5 Å². The molecule has 0 aliphatic rings. The average Bonchev–Trinajstić information content (AvgIpc) is 3.14. The third-order valence-electron chi connectivity index (χ3n) is 4.51. The summed E-state index contributed by atoms with van der Waals surface area (Å²) in [5.41, 5.74) is 1.96. The van der Waals surface area contributed by atoms with E-state index in [1.165, 1.54) is 4.57 Å². The number of benzene rings is 2. The Morgan fingerprint density at radius 3 is 2.69 bits per heavy atom. The average molecular weight is 424 g/mol. The van der Waals surface area contributed by atoms with E-state index in [0.29, 0.717) is 26.1 Å². The number of carbonyl (C=O) groups is 1. The van der Waals surface area contributed by atoms with Crippen molar-refractivity contribution >= 4 is 46.9 Å². The minimum absolute atomic E-state index is 0.115. The van der Waals surface area contributed by atoms with Gasteiger partial charge in [0.05, 0.1) is 10.9 Å². The van der Waals surface area contributed by atoms with Gasteiger partial charge in [-0.25, -0.2) is 0 Å². The lowest BCUT2D eigenvalue weighted by molar-refractivity contribution is -0.116. The number of hydrogen-bond acceptors (Lipinski definition) is 4. The van der Waals surface area contributed by atoms with Gasteiger partial charge in [-0.2, -0.15) is 0 Å². The number of imidazole rings is 1. The predicted octanol–water partition coefficient (Wildman–Crippen LogP) is 3.94. The Morgan fingerprint density at radius 1 is 1.07 bits per heavy atom. The van der Waals surface area contributed by atoms with E-state index < -0.39 is 0 Å². The summed E-state index contributed by atoms with van der Waals surface area (Å²) in [5, 5.41) is 3.39. The van der Waals surface area contributed by atoms with Crippen LogP contribution in [0.15, 0.2) is 65.7 Å². The molecule has 2 aromatic carbocycles. The second-order valence-corrected chi connectivity index (χ2v) is 7.19. The van der Waals surface area contributed by atoms with Crippen molar-refractivity contribution in [3.05, 3.63) is 80.8 Å². The molecule has 7 nitrogen and oxygen atoms in total. The van der Waals surface area contributed by atoms with Crippen LogP contribution in [0.3, 0.4) is 0 Å². The van der Waals surface area contributed by atoms with Crippen LogP contribution < -0.4 is 10.9 Å². The van der Waals surface area contributed by atoms with Crippen molar-refractivity contribution < 1.29 is 4.79 Å². The molecule has 4 aromatic rings. The van der Waals surface area contributed by atoms with Gasteiger partial charge in [-0.3, -0.25) is 18.7 Å². The first kappa shape index (κ1) is 19.0. The highest BCUT2D eigenvalue weighted by Crippen LogP contribution is 2.15. The van der Waals surface area contributed by atoms with Gasteiger partial charge in [0, 0.05) is 36.7 Å². The molecular formula is C20H17N5O2S2. The topological polar surface area (TPSA) is 87.6 Å². The van der Waals surface area contributed by atoms with Crippen molar-refractivity contribution in [1.82, 2.24) is 19.1 Å². The number of hydrogen-bond donors (Lipinski definition) is 3. The number of aromatic amines is 2. The number of amides is 1. The van der Waals surface area contributed by atoms with Crippen LogP contribution >= 0.6 is 24.4 Å². The zero-order valence-electron chi connectivity index (χ0n) is 15.2. The van der Waals surface area contributed by atoms with Crippen LogP contribution in [0.1, 0.15) is 6.42 Å². The van der Waals surface area contributed by atoms with Crippen molar-refractivity contribution in [2.24, 2.45) is 0 Å². The zero-order valence-corrected chi connectivity index (χ0v) is 16.8. The van der Waals surface area contributed by atoms with Crippen LogP contribution in [0.5, 0.6) is 0 Å². The lowest BCUT2D eigenvalue weighted by Gasteiger charge is -2.10. The molecule has 0 spiro atoms. The molecule has 0 fully saturated rings. The summed E-state index contributed by atoms with van der Waals surface area (Å²) in [5.74, 6) is -0.214. The molecule has 2 aromatic heterocycles. The van der Waals surface area contributed by atoms with Gasteiger partial charge in [0.25, 0.3) is 5.56 Å². The van der Waals surface area contributed by atoms with Gasteiger partial charge >= 0.3 is 0 Å². The highest BCUT2D eigenvalue weighted by molar-refractivity contribution is 7.71. The van der Waals surface area contributed by atoms with Crippen LogP contribution in [0, 0.1) is 9.54 Å². The summed E-state index contributed by atoms with van der Waals surface area (Å²) in [6, 6.07) is 14.5. The largest absolute Gasteiger partial charge is 0.337 e. The normalized spacial score (nSPS) is 10.9. The van der Waals surface area contributed by atoms with Crippen LogP contribution in [-0.2, 0) is 11.3 Å². The Hall–Kier alpha value is -3.30. The molecule has 0 atom stereocenters. The highest BCUT2D eigenvalue weighted by Gasteiger charge is 2.09. The van der Waals surface area contributed by atoms with Crippen molar-refractivity contribution in [2.75, 3.05) is 5.32 Å². The van der Waals surface area contributed by atoms with Crippen molar-refractivity contribution in [1.29, 1.82) is 0 Å². The van der Waals surface area contributed by atoms with Crippen LogP contribution in [0.2, 0.25) is 0 Å². The van der Waals surface area contributed by atoms with E-state index in [1.54, 1.807) is 35.0 Å². The second-order valence-electron chi connectivity index (χ2n) is 6.42. The maximum absolute atomic E-state index is 12.7. The van der Waals surface area contributed by atoms with E-state index >= 15 is 0 Å². The Kier molecular flexibility index (Phi) is 5.24. The van der Waals surface area contributed by atoms with Gasteiger partial charge in [0.1, 0.15) is 0 Å². The van der Waals surface area contributed by atoms with E-state index in [9.17, 15) is 9.59 Å². The maximum atomic E-state index is 12.7. The molecule has 146 valence electrons. The number of para-hydroxylation sites is 1. The van der Waals surface area contributed by atoms with Gasteiger partial charge in [0.15, 0.2) is 9.54 Å². The predicted molar refractivity (Wildman–Crippen MR) is 118 cm³/mol. The van der Waals surface area contributed by atoms with Crippen molar-refractivity contribution in [2.45, 2.75) is 13.0 Å². The summed E-state index contributed by atoms with van der Waals surface area (Å²) in [7, 11) is 0. The zero-order chi connectivity index (χ0) is 20.4. The molecule has 0 saturated heterocycles. The van der Waals surface area contributed by atoms with Crippen molar-refractivity contribution in [3.8, 4) is 5.69 Å². The number of carbonyl (C=O) groups excluding carboxylic acids is 1. The third kappa shape index (κ3) is 3.96. The molecular weight excluding hydrogens is 406 g/mol. The summed E-state index contributed by atoms with van der Waals surface area (Å²) in [6.07, 6.45) is 3.68.